The molecule has 0 atom stereocenters. The van der Waals surface area contributed by atoms with Gasteiger partial charge in [-0.25, -0.2) is 0 Å². The monoisotopic (exact) mass is 334 g/mol. The van der Waals surface area contributed by atoms with Crippen molar-refractivity contribution < 1.29 is 10.0 Å². The van der Waals surface area contributed by atoms with Crippen LogP contribution in [-0.4, -0.2) is 15.6 Å². The van der Waals surface area contributed by atoms with Gasteiger partial charge in [0.2, 0.25) is 0 Å². The predicted octanol–water partition coefficient (Wildman–Crippen LogP) is 4.20. The van der Waals surface area contributed by atoms with Crippen LogP contribution in [0.5, 0.6) is 0 Å². The molecule has 0 aliphatic heterocycles. The van der Waals surface area contributed by atoms with E-state index in [0.717, 1.165) is 18.5 Å². The number of ketones is 1. The molecule has 1 N–H and O–H groups in total. The lowest BCUT2D eigenvalue weighted by atomic mass is 10.1. The highest BCUT2D eigenvalue weighted by Crippen LogP contribution is 2.07. The van der Waals surface area contributed by atoms with E-state index in [4.69, 9.17) is 10.1 Å². The zero-order valence-corrected chi connectivity index (χ0v) is 13.4. The van der Waals surface area contributed by atoms with Gasteiger partial charge in [-0.1, -0.05) is 19.8 Å². The second-order valence-corrected chi connectivity index (χ2v) is 3.47. The standard InChI is InChI=1S/C11H17NO.3ClH.HNO2/c1-3-4-5-8-11(13)10-7-6-9-12(10)2;;;;2-1-3/h6-7,9H,3-5,8H2,1-2H3;3*1H;(H,2,3). The van der Waals surface area contributed by atoms with Gasteiger partial charge in [0.05, 0.1) is 5.69 Å². The van der Waals surface area contributed by atoms with E-state index in [-0.39, 0.29) is 43.0 Å². The minimum Gasteiger partial charge on any atom is -0.379 e. The third kappa shape index (κ3) is 12.0. The van der Waals surface area contributed by atoms with Gasteiger partial charge >= 0.3 is 0 Å². The zero-order chi connectivity index (χ0) is 12.4. The van der Waals surface area contributed by atoms with Crippen LogP contribution in [0.15, 0.2) is 23.7 Å². The molecular weight excluding hydrogens is 314 g/mol. The molecule has 0 saturated carbocycles. The molecule has 0 radical (unpaired) electrons. The van der Waals surface area contributed by atoms with E-state index in [9.17, 15) is 4.79 Å². The first-order chi connectivity index (χ1) is 7.67. The molecule has 0 fully saturated rings. The average Bonchev–Trinajstić information content (AvgIpc) is 2.66. The lowest BCUT2D eigenvalue weighted by Crippen LogP contribution is -2.04. The smallest absolute Gasteiger partial charge is 0.179 e. The van der Waals surface area contributed by atoms with Crippen molar-refractivity contribution in [2.45, 2.75) is 32.6 Å². The largest absolute Gasteiger partial charge is 0.379 e. The number of aromatic nitrogens is 1. The fourth-order valence-corrected chi connectivity index (χ4v) is 1.41. The van der Waals surface area contributed by atoms with Crippen LogP contribution < -0.4 is 0 Å². The van der Waals surface area contributed by atoms with Crippen LogP contribution in [0.2, 0.25) is 0 Å². The Balaban J connectivity index is -0.000000172. The third-order valence-electron chi connectivity index (χ3n) is 2.24. The van der Waals surface area contributed by atoms with Gasteiger partial charge in [-0.3, -0.25) is 4.79 Å². The topological polar surface area (TPSA) is 71.7 Å². The molecule has 0 unspecified atom stereocenters. The number of hydrogen-bond donors (Lipinski definition) is 1. The van der Waals surface area contributed by atoms with Crippen molar-refractivity contribution in [1.82, 2.24) is 4.57 Å². The second kappa shape index (κ2) is 17.2. The van der Waals surface area contributed by atoms with E-state index in [0.29, 0.717) is 6.42 Å². The quantitative estimate of drug-likeness (QED) is 0.379. The number of hydrogen-bond acceptors (Lipinski definition) is 3. The Bertz CT molecular complexity index is 333. The summed E-state index contributed by atoms with van der Waals surface area (Å²) in [6.07, 6.45) is 5.93. The molecule has 1 heterocycles. The van der Waals surface area contributed by atoms with Crippen LogP contribution in [0.25, 0.3) is 0 Å². The van der Waals surface area contributed by atoms with Crippen LogP contribution in [0.1, 0.15) is 43.1 Å². The molecular formula is C11H21Cl3N2O3. The van der Waals surface area contributed by atoms with Crippen LogP contribution in [-0.2, 0) is 7.05 Å². The maximum absolute atomic E-state index is 11.6. The highest BCUT2D eigenvalue weighted by atomic mass is 35.5. The molecule has 0 bridgehead atoms. The van der Waals surface area contributed by atoms with E-state index in [1.165, 1.54) is 11.8 Å². The van der Waals surface area contributed by atoms with E-state index in [1.807, 2.05) is 29.9 Å². The normalized spacial score (nSPS) is 7.68. The number of halogens is 3. The molecule has 5 nitrogen and oxygen atoms in total. The summed E-state index contributed by atoms with van der Waals surface area (Å²) in [6, 6.07) is 3.79. The first-order valence-electron chi connectivity index (χ1n) is 5.28. The van der Waals surface area contributed by atoms with Crippen molar-refractivity contribution in [3.8, 4) is 0 Å². The number of aryl methyl sites for hydroxylation is 1. The molecule has 0 spiro atoms. The van der Waals surface area contributed by atoms with Gasteiger partial charge in [0.15, 0.2) is 11.1 Å². The van der Waals surface area contributed by atoms with Crippen LogP contribution in [0, 0.1) is 4.91 Å². The Kier molecular flexibility index (Phi) is 24.2. The van der Waals surface area contributed by atoms with E-state index >= 15 is 0 Å². The van der Waals surface area contributed by atoms with Gasteiger partial charge < -0.3 is 9.77 Å². The summed E-state index contributed by atoms with van der Waals surface area (Å²) < 4.78 is 1.88. The Morgan fingerprint density at radius 1 is 1.32 bits per heavy atom. The summed E-state index contributed by atoms with van der Waals surface area (Å²) in [5.74, 6) is 0.265. The maximum atomic E-state index is 11.6. The van der Waals surface area contributed by atoms with Crippen LogP contribution >= 0.6 is 37.2 Å². The Morgan fingerprint density at radius 3 is 2.21 bits per heavy atom. The molecule has 114 valence electrons. The van der Waals surface area contributed by atoms with Gasteiger partial charge in [0.25, 0.3) is 0 Å². The number of rotatable bonds is 5. The van der Waals surface area contributed by atoms with Gasteiger partial charge in [-0.2, -0.15) is 0 Å². The van der Waals surface area contributed by atoms with E-state index in [1.54, 1.807) is 0 Å². The number of carbonyl (C=O) groups is 1. The van der Waals surface area contributed by atoms with Crippen LogP contribution in [0.4, 0.5) is 0 Å². The molecule has 1 aromatic heterocycles. The van der Waals surface area contributed by atoms with Gasteiger partial charge in [-0.05, 0) is 18.6 Å². The fraction of sp³-hybridized carbons (Fsp3) is 0.545. The van der Waals surface area contributed by atoms with Gasteiger partial charge in [0, 0.05) is 19.7 Å². The molecule has 1 rings (SSSR count). The van der Waals surface area contributed by atoms with Crippen molar-refractivity contribution in [2.75, 3.05) is 0 Å². The van der Waals surface area contributed by atoms with Gasteiger partial charge in [-0.15, -0.1) is 42.1 Å². The first kappa shape index (κ1) is 26.7. The number of unbranched alkanes of at least 4 members (excludes halogenated alkanes) is 2. The first-order valence-corrected chi connectivity index (χ1v) is 5.28. The summed E-state index contributed by atoms with van der Waals surface area (Å²) in [7, 11) is 1.91. The fourth-order valence-electron chi connectivity index (χ4n) is 1.41. The summed E-state index contributed by atoms with van der Waals surface area (Å²) in [5.41, 5.74) is 0.830. The van der Waals surface area contributed by atoms with Crippen molar-refractivity contribution in [2.24, 2.45) is 12.4 Å². The zero-order valence-electron chi connectivity index (χ0n) is 10.9. The maximum Gasteiger partial charge on any atom is 0.179 e. The molecule has 8 heteroatoms. The summed E-state index contributed by atoms with van der Waals surface area (Å²) >= 11 is 0. The molecule has 0 aliphatic carbocycles. The predicted molar refractivity (Wildman–Crippen MR) is 83.2 cm³/mol. The van der Waals surface area contributed by atoms with E-state index in [2.05, 4.69) is 6.92 Å². The summed E-state index contributed by atoms with van der Waals surface area (Å²) in [6.45, 7) is 2.15. The molecule has 0 aromatic carbocycles. The van der Waals surface area contributed by atoms with Crippen molar-refractivity contribution >= 4 is 43.0 Å². The summed E-state index contributed by atoms with van der Waals surface area (Å²) in [4.78, 5) is 19.7. The number of nitrogens with zero attached hydrogens (tertiary/aromatic N) is 2. The number of Topliss-reactive ketones (excluding diaryl/α,β-unsaturated/α-hetero) is 1. The average molecular weight is 336 g/mol. The van der Waals surface area contributed by atoms with Crippen LogP contribution in [0.3, 0.4) is 0 Å². The van der Waals surface area contributed by atoms with Crippen molar-refractivity contribution in [3.63, 3.8) is 0 Å². The molecule has 0 saturated heterocycles. The minimum atomic E-state index is 0. The highest BCUT2D eigenvalue weighted by molar-refractivity contribution is 5.94. The van der Waals surface area contributed by atoms with Crippen molar-refractivity contribution in [1.29, 1.82) is 0 Å². The third-order valence-corrected chi connectivity index (χ3v) is 2.24. The molecule has 0 amide bonds. The molecule has 0 aliphatic rings. The van der Waals surface area contributed by atoms with Gasteiger partial charge in [0.1, 0.15) is 0 Å². The van der Waals surface area contributed by atoms with E-state index < -0.39 is 0 Å². The molecule has 1 aromatic rings. The highest BCUT2D eigenvalue weighted by Gasteiger charge is 2.07. The molecule has 19 heavy (non-hydrogen) atoms. The lowest BCUT2D eigenvalue weighted by Gasteiger charge is -2.01. The Morgan fingerprint density at radius 2 is 1.84 bits per heavy atom. The Labute approximate surface area is 131 Å². The second-order valence-electron chi connectivity index (χ2n) is 3.47. The van der Waals surface area contributed by atoms with Crippen molar-refractivity contribution in [3.05, 3.63) is 28.9 Å². The summed E-state index contributed by atoms with van der Waals surface area (Å²) in [5, 5.41) is 7.89. The Hall–Kier alpha value is -0.780. The SMILES string of the molecule is CCCCCC(=O)c1cccn1C.Cl.Cl.Cl.O=NO. The minimum absolute atomic E-state index is 0. The number of carbonyl (C=O) groups excluding carboxylic acids is 1. The lowest BCUT2D eigenvalue weighted by molar-refractivity contribution is 0.0971.